The Hall–Kier alpha value is -1.07. The minimum atomic E-state index is -3.24. The molecule has 1 aromatic carbocycles. The van der Waals surface area contributed by atoms with Gasteiger partial charge in [0.15, 0.2) is 0 Å². The molecule has 0 bridgehead atoms. The largest absolute Gasteiger partial charge is 0.398 e. The van der Waals surface area contributed by atoms with Crippen molar-refractivity contribution in [1.29, 1.82) is 0 Å². The molecule has 4 nitrogen and oxygen atoms in total. The maximum atomic E-state index is 12.4. The van der Waals surface area contributed by atoms with Gasteiger partial charge >= 0.3 is 0 Å². The molecule has 0 fully saturated rings. The lowest BCUT2D eigenvalue weighted by atomic mass is 9.94. The number of hydrogen-bond donors (Lipinski definition) is 1. The van der Waals surface area contributed by atoms with Crippen LogP contribution in [0.5, 0.6) is 0 Å². The van der Waals surface area contributed by atoms with Gasteiger partial charge in [-0.15, -0.1) is 0 Å². The van der Waals surface area contributed by atoms with E-state index >= 15 is 0 Å². The molecule has 0 aliphatic rings. The number of nitrogens with zero attached hydrogens (tertiary/aromatic N) is 1. The topological polar surface area (TPSA) is 63.4 Å². The van der Waals surface area contributed by atoms with Crippen LogP contribution in [0.4, 0.5) is 5.69 Å². The van der Waals surface area contributed by atoms with Crippen LogP contribution in [-0.2, 0) is 16.6 Å². The molecule has 0 amide bonds. The Labute approximate surface area is 123 Å². The number of nitrogens with two attached hydrogens (primary N) is 1. The molecule has 5 heteroatoms. The molecule has 0 atom stereocenters. The summed E-state index contributed by atoms with van der Waals surface area (Å²) in [6.45, 7) is 8.81. The lowest BCUT2D eigenvalue weighted by molar-refractivity contribution is 0.380. The number of hydrogen-bond acceptors (Lipinski definition) is 3. The summed E-state index contributed by atoms with van der Waals surface area (Å²) in [6.07, 6.45) is 0.649. The van der Waals surface area contributed by atoms with Gasteiger partial charge in [-0.3, -0.25) is 0 Å². The summed E-state index contributed by atoms with van der Waals surface area (Å²) in [5.41, 5.74) is 7.39. The van der Waals surface area contributed by atoms with E-state index in [0.717, 1.165) is 5.56 Å². The van der Waals surface area contributed by atoms with Crippen LogP contribution >= 0.6 is 0 Å². The second-order valence-corrected chi connectivity index (χ2v) is 8.34. The van der Waals surface area contributed by atoms with Crippen molar-refractivity contribution in [1.82, 2.24) is 4.31 Å². The lowest BCUT2D eigenvalue weighted by Gasteiger charge is -2.24. The highest BCUT2D eigenvalue weighted by Crippen LogP contribution is 2.22. The lowest BCUT2D eigenvalue weighted by Crippen LogP contribution is -2.33. The Balaban J connectivity index is 2.82. The summed E-state index contributed by atoms with van der Waals surface area (Å²) in [7, 11) is -3.24. The van der Waals surface area contributed by atoms with Crippen molar-refractivity contribution in [3.05, 3.63) is 29.8 Å². The molecule has 0 unspecified atom stereocenters. The normalized spacial score (nSPS) is 12.8. The van der Waals surface area contributed by atoms with E-state index < -0.39 is 10.0 Å². The predicted molar refractivity (Wildman–Crippen MR) is 84.8 cm³/mol. The van der Waals surface area contributed by atoms with Crippen LogP contribution in [-0.4, -0.2) is 25.0 Å². The number of para-hydroxylation sites is 1. The summed E-state index contributed by atoms with van der Waals surface area (Å²) in [5, 5.41) is 0. The standard InChI is InChI=1S/C15H26N2O2S/c1-5-17(12-13-8-6-7-9-14(13)16)20(18,19)11-10-15(2,3)4/h6-9H,5,10-12,16H2,1-4H3. The first-order valence-electron chi connectivity index (χ1n) is 6.97. The van der Waals surface area contributed by atoms with Crippen molar-refractivity contribution in [3.8, 4) is 0 Å². The Morgan fingerprint density at radius 2 is 1.80 bits per heavy atom. The highest BCUT2D eigenvalue weighted by molar-refractivity contribution is 7.89. The molecule has 2 N–H and O–H groups in total. The predicted octanol–water partition coefficient (Wildman–Crippen LogP) is 2.86. The number of rotatable bonds is 6. The van der Waals surface area contributed by atoms with Gasteiger partial charge in [-0.05, 0) is 23.5 Å². The van der Waals surface area contributed by atoms with Crippen molar-refractivity contribution >= 4 is 15.7 Å². The summed E-state index contributed by atoms with van der Waals surface area (Å²) in [5.74, 6) is 0.178. The molecule has 0 aliphatic carbocycles. The van der Waals surface area contributed by atoms with Crippen LogP contribution < -0.4 is 5.73 Å². The first kappa shape index (κ1) is 17.0. The van der Waals surface area contributed by atoms with Crippen LogP contribution in [0.3, 0.4) is 0 Å². The Bertz CT molecular complexity index is 533. The zero-order chi connectivity index (χ0) is 15.4. The Kier molecular flexibility index (Phi) is 5.59. The maximum absolute atomic E-state index is 12.4. The van der Waals surface area contributed by atoms with Crippen molar-refractivity contribution < 1.29 is 8.42 Å². The van der Waals surface area contributed by atoms with Gasteiger partial charge in [0.05, 0.1) is 5.75 Å². The minimum Gasteiger partial charge on any atom is -0.398 e. The van der Waals surface area contributed by atoms with E-state index in [2.05, 4.69) is 0 Å². The van der Waals surface area contributed by atoms with Gasteiger partial charge in [0.2, 0.25) is 10.0 Å². The fourth-order valence-electron chi connectivity index (χ4n) is 1.84. The molecular formula is C15H26N2O2S. The average molecular weight is 298 g/mol. The molecule has 20 heavy (non-hydrogen) atoms. The molecule has 114 valence electrons. The highest BCUT2D eigenvalue weighted by atomic mass is 32.2. The van der Waals surface area contributed by atoms with E-state index in [1.54, 1.807) is 6.07 Å². The van der Waals surface area contributed by atoms with Crippen molar-refractivity contribution in [2.75, 3.05) is 18.0 Å². The van der Waals surface area contributed by atoms with Gasteiger partial charge in [-0.1, -0.05) is 45.9 Å². The number of anilines is 1. The Morgan fingerprint density at radius 3 is 2.30 bits per heavy atom. The van der Waals surface area contributed by atoms with Gasteiger partial charge in [0, 0.05) is 18.8 Å². The van der Waals surface area contributed by atoms with E-state index in [1.165, 1.54) is 4.31 Å². The average Bonchev–Trinajstić information content (AvgIpc) is 2.34. The van der Waals surface area contributed by atoms with Crippen LogP contribution in [0.1, 0.15) is 39.7 Å². The van der Waals surface area contributed by atoms with E-state index in [4.69, 9.17) is 5.73 Å². The number of sulfonamides is 1. The molecule has 1 rings (SSSR count). The molecule has 0 saturated heterocycles. The molecule has 0 heterocycles. The van der Waals surface area contributed by atoms with Crippen LogP contribution in [0.25, 0.3) is 0 Å². The van der Waals surface area contributed by atoms with Crippen molar-refractivity contribution in [2.45, 2.75) is 40.7 Å². The van der Waals surface area contributed by atoms with Gasteiger partial charge in [-0.25, -0.2) is 8.42 Å². The molecule has 0 aliphatic heterocycles. The minimum absolute atomic E-state index is 0.0122. The molecule has 0 aromatic heterocycles. The third-order valence-electron chi connectivity index (χ3n) is 3.26. The maximum Gasteiger partial charge on any atom is 0.214 e. The quantitative estimate of drug-likeness (QED) is 0.821. The first-order chi connectivity index (χ1) is 9.15. The smallest absolute Gasteiger partial charge is 0.214 e. The third kappa shape index (κ3) is 5.13. The van der Waals surface area contributed by atoms with E-state index in [9.17, 15) is 8.42 Å². The fourth-order valence-corrected chi connectivity index (χ4v) is 3.70. The van der Waals surface area contributed by atoms with E-state index in [1.807, 2.05) is 45.9 Å². The second kappa shape index (κ2) is 6.59. The van der Waals surface area contributed by atoms with Crippen LogP contribution in [0, 0.1) is 5.41 Å². The molecule has 1 aromatic rings. The van der Waals surface area contributed by atoms with Crippen LogP contribution in [0.2, 0.25) is 0 Å². The Morgan fingerprint density at radius 1 is 1.20 bits per heavy atom. The summed E-state index contributed by atoms with van der Waals surface area (Å²) >= 11 is 0. The second-order valence-electron chi connectivity index (χ2n) is 6.25. The van der Waals surface area contributed by atoms with Gasteiger partial charge in [0.25, 0.3) is 0 Å². The summed E-state index contributed by atoms with van der Waals surface area (Å²) in [6, 6.07) is 7.40. The summed E-state index contributed by atoms with van der Waals surface area (Å²) < 4.78 is 26.3. The van der Waals surface area contributed by atoms with Gasteiger partial charge in [0.1, 0.15) is 0 Å². The molecule has 0 radical (unpaired) electrons. The molecule has 0 spiro atoms. The molecular weight excluding hydrogens is 272 g/mol. The van der Waals surface area contributed by atoms with Crippen molar-refractivity contribution in [3.63, 3.8) is 0 Å². The third-order valence-corrected chi connectivity index (χ3v) is 5.15. The number of nitrogen functional groups attached to an aromatic ring is 1. The first-order valence-corrected chi connectivity index (χ1v) is 8.58. The van der Waals surface area contributed by atoms with E-state index in [0.29, 0.717) is 25.2 Å². The fraction of sp³-hybridized carbons (Fsp3) is 0.600. The molecule has 0 saturated carbocycles. The summed E-state index contributed by atoms with van der Waals surface area (Å²) in [4.78, 5) is 0. The van der Waals surface area contributed by atoms with Gasteiger partial charge in [-0.2, -0.15) is 4.31 Å². The van der Waals surface area contributed by atoms with E-state index in [-0.39, 0.29) is 11.2 Å². The van der Waals surface area contributed by atoms with Crippen molar-refractivity contribution in [2.24, 2.45) is 5.41 Å². The van der Waals surface area contributed by atoms with Gasteiger partial charge < -0.3 is 5.73 Å². The highest BCUT2D eigenvalue weighted by Gasteiger charge is 2.23. The zero-order valence-corrected chi connectivity index (χ0v) is 13.7. The SMILES string of the molecule is CCN(Cc1ccccc1N)S(=O)(=O)CCC(C)(C)C. The van der Waals surface area contributed by atoms with Crippen LogP contribution in [0.15, 0.2) is 24.3 Å². The number of benzene rings is 1. The zero-order valence-electron chi connectivity index (χ0n) is 12.9. The monoisotopic (exact) mass is 298 g/mol.